The second kappa shape index (κ2) is 7.39. The third-order valence-corrected chi connectivity index (χ3v) is 5.27. The van der Waals surface area contributed by atoms with E-state index in [2.05, 4.69) is 45.7 Å². The van der Waals surface area contributed by atoms with E-state index in [0.29, 0.717) is 0 Å². The molecule has 0 fully saturated rings. The van der Waals surface area contributed by atoms with Gasteiger partial charge in [-0.05, 0) is 47.0 Å². The van der Waals surface area contributed by atoms with E-state index in [0.717, 1.165) is 40.8 Å². The minimum Gasteiger partial charge on any atom is -0.497 e. The minimum absolute atomic E-state index is 0.208. The summed E-state index contributed by atoms with van der Waals surface area (Å²) in [4.78, 5) is 0. The first-order valence-electron chi connectivity index (χ1n) is 6.13. The van der Waals surface area contributed by atoms with E-state index in [1.54, 1.807) is 7.11 Å². The Bertz CT molecular complexity index is 368. The number of ether oxygens (including phenoxy) is 2. The molecule has 0 saturated carbocycles. The van der Waals surface area contributed by atoms with Crippen LogP contribution < -0.4 is 9.47 Å². The lowest BCUT2D eigenvalue weighted by Crippen LogP contribution is -2.29. The van der Waals surface area contributed by atoms with Gasteiger partial charge in [-0.3, -0.25) is 0 Å². The van der Waals surface area contributed by atoms with Gasteiger partial charge in [-0.25, -0.2) is 0 Å². The second-order valence-electron chi connectivity index (χ2n) is 4.43. The molecule has 0 spiro atoms. The van der Waals surface area contributed by atoms with Crippen LogP contribution in [0.15, 0.2) is 22.7 Å². The average molecular weight is 380 g/mol. The van der Waals surface area contributed by atoms with E-state index in [1.807, 2.05) is 18.2 Å². The molecule has 0 heterocycles. The van der Waals surface area contributed by atoms with Crippen molar-refractivity contribution in [1.82, 2.24) is 0 Å². The van der Waals surface area contributed by atoms with Crippen molar-refractivity contribution in [2.24, 2.45) is 5.41 Å². The highest BCUT2D eigenvalue weighted by Crippen LogP contribution is 2.33. The molecule has 0 radical (unpaired) electrons. The normalized spacial score (nSPS) is 11.4. The van der Waals surface area contributed by atoms with Gasteiger partial charge in [0.05, 0.1) is 18.2 Å². The molecule has 0 atom stereocenters. The quantitative estimate of drug-likeness (QED) is 0.618. The SMILES string of the molecule is CCC(CC)(CBr)COc1ccc(OC)cc1Br. The van der Waals surface area contributed by atoms with Crippen LogP contribution >= 0.6 is 31.9 Å². The number of alkyl halides is 1. The lowest BCUT2D eigenvalue weighted by atomic mass is 9.86. The molecular formula is C14H20Br2O2. The highest BCUT2D eigenvalue weighted by Gasteiger charge is 2.26. The second-order valence-corrected chi connectivity index (χ2v) is 5.84. The summed E-state index contributed by atoms with van der Waals surface area (Å²) in [7, 11) is 1.66. The zero-order valence-corrected chi connectivity index (χ0v) is 14.3. The Morgan fingerprint density at radius 2 is 1.89 bits per heavy atom. The fourth-order valence-corrected chi connectivity index (χ4v) is 3.07. The molecule has 0 aliphatic heterocycles. The fraction of sp³-hybridized carbons (Fsp3) is 0.571. The Morgan fingerprint density at radius 1 is 1.22 bits per heavy atom. The molecule has 102 valence electrons. The van der Waals surface area contributed by atoms with Crippen molar-refractivity contribution < 1.29 is 9.47 Å². The fourth-order valence-electron chi connectivity index (χ4n) is 1.64. The zero-order valence-electron chi connectivity index (χ0n) is 11.1. The summed E-state index contributed by atoms with van der Waals surface area (Å²) < 4.78 is 12.0. The van der Waals surface area contributed by atoms with Crippen molar-refractivity contribution in [3.8, 4) is 11.5 Å². The predicted octanol–water partition coefficient (Wildman–Crippen LogP) is 5.04. The standard InChI is InChI=1S/C14H20Br2O2/c1-4-14(5-2,9-15)10-18-13-7-6-11(17-3)8-12(13)16/h6-8H,4-5,9-10H2,1-3H3. The van der Waals surface area contributed by atoms with Crippen LogP contribution in [0.5, 0.6) is 11.5 Å². The van der Waals surface area contributed by atoms with Crippen LogP contribution in [0.3, 0.4) is 0 Å². The zero-order chi connectivity index (χ0) is 13.6. The van der Waals surface area contributed by atoms with Gasteiger partial charge in [0, 0.05) is 10.7 Å². The maximum atomic E-state index is 5.94. The Kier molecular flexibility index (Phi) is 6.50. The van der Waals surface area contributed by atoms with E-state index < -0.39 is 0 Å². The summed E-state index contributed by atoms with van der Waals surface area (Å²) in [6.07, 6.45) is 2.20. The number of rotatable bonds is 7. The van der Waals surface area contributed by atoms with E-state index in [1.165, 1.54) is 0 Å². The molecule has 0 unspecified atom stereocenters. The van der Waals surface area contributed by atoms with Crippen LogP contribution in [0.4, 0.5) is 0 Å². The number of halogens is 2. The van der Waals surface area contributed by atoms with Crippen molar-refractivity contribution in [3.05, 3.63) is 22.7 Å². The Hall–Kier alpha value is -0.220. The van der Waals surface area contributed by atoms with Gasteiger partial charge in [0.25, 0.3) is 0 Å². The van der Waals surface area contributed by atoms with Crippen molar-refractivity contribution in [1.29, 1.82) is 0 Å². The highest BCUT2D eigenvalue weighted by molar-refractivity contribution is 9.10. The van der Waals surface area contributed by atoms with Crippen molar-refractivity contribution in [2.75, 3.05) is 19.0 Å². The first-order chi connectivity index (χ1) is 8.60. The molecule has 0 aliphatic carbocycles. The lowest BCUT2D eigenvalue weighted by molar-refractivity contribution is 0.157. The number of methoxy groups -OCH3 is 1. The molecule has 0 aromatic heterocycles. The largest absolute Gasteiger partial charge is 0.497 e. The first-order valence-corrected chi connectivity index (χ1v) is 8.04. The molecule has 1 aromatic rings. The molecule has 18 heavy (non-hydrogen) atoms. The molecule has 1 rings (SSSR count). The molecule has 4 heteroatoms. The van der Waals surface area contributed by atoms with Gasteiger partial charge < -0.3 is 9.47 Å². The number of hydrogen-bond donors (Lipinski definition) is 0. The highest BCUT2D eigenvalue weighted by atomic mass is 79.9. The van der Waals surface area contributed by atoms with Crippen molar-refractivity contribution in [3.63, 3.8) is 0 Å². The maximum absolute atomic E-state index is 5.94. The van der Waals surface area contributed by atoms with Crippen LogP contribution in [0.2, 0.25) is 0 Å². The van der Waals surface area contributed by atoms with Crippen molar-refractivity contribution >= 4 is 31.9 Å². The summed E-state index contributed by atoms with van der Waals surface area (Å²) in [5, 5.41) is 0.959. The summed E-state index contributed by atoms with van der Waals surface area (Å²) in [6.45, 7) is 5.13. The van der Waals surface area contributed by atoms with Crippen LogP contribution in [0.25, 0.3) is 0 Å². The van der Waals surface area contributed by atoms with E-state index in [9.17, 15) is 0 Å². The van der Waals surface area contributed by atoms with Gasteiger partial charge in [0.15, 0.2) is 0 Å². The van der Waals surface area contributed by atoms with Crippen LogP contribution in [0, 0.1) is 5.41 Å². The summed E-state index contributed by atoms with van der Waals surface area (Å²) >= 11 is 7.10. The monoisotopic (exact) mass is 378 g/mol. The van der Waals surface area contributed by atoms with Crippen LogP contribution in [-0.2, 0) is 0 Å². The van der Waals surface area contributed by atoms with Crippen molar-refractivity contribution in [2.45, 2.75) is 26.7 Å². The topological polar surface area (TPSA) is 18.5 Å². The van der Waals surface area contributed by atoms with Gasteiger partial charge in [-0.2, -0.15) is 0 Å². The lowest BCUT2D eigenvalue weighted by Gasteiger charge is -2.29. The van der Waals surface area contributed by atoms with Gasteiger partial charge in [-0.1, -0.05) is 29.8 Å². The van der Waals surface area contributed by atoms with Gasteiger partial charge >= 0.3 is 0 Å². The molecule has 0 saturated heterocycles. The maximum Gasteiger partial charge on any atom is 0.133 e. The summed E-state index contributed by atoms with van der Waals surface area (Å²) in [6, 6.07) is 5.77. The van der Waals surface area contributed by atoms with Gasteiger partial charge in [0.2, 0.25) is 0 Å². The molecule has 0 aliphatic rings. The third-order valence-electron chi connectivity index (χ3n) is 3.46. The minimum atomic E-state index is 0.208. The third kappa shape index (κ3) is 3.89. The molecule has 0 bridgehead atoms. The molecule has 1 aromatic carbocycles. The van der Waals surface area contributed by atoms with Gasteiger partial charge in [-0.15, -0.1) is 0 Å². The summed E-state index contributed by atoms with van der Waals surface area (Å²) in [5.74, 6) is 1.69. The Labute approximate surface area is 126 Å². The molecule has 0 amide bonds. The van der Waals surface area contributed by atoms with E-state index in [4.69, 9.17) is 9.47 Å². The molecule has 0 N–H and O–H groups in total. The van der Waals surface area contributed by atoms with E-state index in [-0.39, 0.29) is 5.41 Å². The van der Waals surface area contributed by atoms with E-state index >= 15 is 0 Å². The molecule has 2 nitrogen and oxygen atoms in total. The Morgan fingerprint density at radius 3 is 2.33 bits per heavy atom. The molecular weight excluding hydrogens is 360 g/mol. The Balaban J connectivity index is 2.73. The van der Waals surface area contributed by atoms with Crippen LogP contribution in [0.1, 0.15) is 26.7 Å². The predicted molar refractivity (Wildman–Crippen MR) is 83.0 cm³/mol. The van der Waals surface area contributed by atoms with Gasteiger partial charge in [0.1, 0.15) is 11.5 Å². The summed E-state index contributed by atoms with van der Waals surface area (Å²) in [5.41, 5.74) is 0.208. The first kappa shape index (κ1) is 15.8. The number of hydrogen-bond acceptors (Lipinski definition) is 2. The van der Waals surface area contributed by atoms with Crippen LogP contribution in [-0.4, -0.2) is 19.0 Å². The smallest absolute Gasteiger partial charge is 0.133 e. The number of benzene rings is 1. The average Bonchev–Trinajstić information content (AvgIpc) is 2.42.